The monoisotopic (exact) mass is 398 g/mol. The molecule has 2 N–H and O–H groups in total. The first-order chi connectivity index (χ1) is 8.91. The second-order valence-electron chi connectivity index (χ2n) is 7.77. The molecule has 0 aliphatic rings. The van der Waals surface area contributed by atoms with E-state index in [-0.39, 0.29) is 22.5 Å². The average molecular weight is 398 g/mol. The molecule has 0 aromatic rings. The van der Waals surface area contributed by atoms with Crippen molar-refractivity contribution in [2.75, 3.05) is 13.2 Å². The minimum absolute atomic E-state index is 0.0767. The van der Waals surface area contributed by atoms with Crippen molar-refractivity contribution in [1.29, 1.82) is 0 Å². The lowest BCUT2D eigenvalue weighted by atomic mass is 9.69. The van der Waals surface area contributed by atoms with Gasteiger partial charge in [0.2, 0.25) is 0 Å². The molecular weight excluding hydrogens is 367 g/mol. The summed E-state index contributed by atoms with van der Waals surface area (Å²) >= 11 is 1.82. The Labute approximate surface area is 138 Å². The fourth-order valence-electron chi connectivity index (χ4n) is 2.15. The van der Waals surface area contributed by atoms with Crippen LogP contribution in [0.1, 0.15) is 61.3 Å². The number of halogens is 1. The molecular formula is C15H31IN2O2. The van der Waals surface area contributed by atoms with E-state index in [0.29, 0.717) is 13.2 Å². The summed E-state index contributed by atoms with van der Waals surface area (Å²) in [6.07, 6.45) is 1.82. The molecule has 0 aliphatic heterocycles. The third-order valence-corrected chi connectivity index (χ3v) is 4.06. The molecule has 0 aromatic heterocycles. The molecule has 0 fully saturated rings. The predicted molar refractivity (Wildman–Crippen MR) is 93.1 cm³/mol. The summed E-state index contributed by atoms with van der Waals surface area (Å²) in [6, 6.07) is -0.154. The average Bonchev–Trinajstić information content (AvgIpc) is 2.24. The van der Waals surface area contributed by atoms with Crippen LogP contribution < -0.4 is 8.85 Å². The van der Waals surface area contributed by atoms with Gasteiger partial charge in [-0.05, 0) is 30.6 Å². The van der Waals surface area contributed by atoms with Crippen LogP contribution >= 0.6 is 22.9 Å². The van der Waals surface area contributed by atoms with E-state index < -0.39 is 0 Å². The van der Waals surface area contributed by atoms with E-state index in [0.717, 1.165) is 12.8 Å². The fourth-order valence-corrected chi connectivity index (χ4v) is 2.34. The van der Waals surface area contributed by atoms with Gasteiger partial charge < -0.3 is 10.1 Å². The first kappa shape index (κ1) is 20.0. The molecule has 5 heteroatoms. The van der Waals surface area contributed by atoms with E-state index in [4.69, 9.17) is 4.74 Å². The zero-order valence-electron chi connectivity index (χ0n) is 14.0. The highest BCUT2D eigenvalue weighted by atomic mass is 127. The van der Waals surface area contributed by atoms with Gasteiger partial charge in [-0.2, -0.15) is 0 Å². The van der Waals surface area contributed by atoms with Crippen molar-refractivity contribution in [1.82, 2.24) is 8.85 Å². The summed E-state index contributed by atoms with van der Waals surface area (Å²) in [7, 11) is 0. The SMILES string of the molecule is CC(C)(C)CC(C)(OCCCNC(=O)NI)C(C)(C)C. The smallest absolute Gasteiger partial charge is 0.323 e. The topological polar surface area (TPSA) is 50.4 Å². The van der Waals surface area contributed by atoms with Crippen molar-refractivity contribution in [3.05, 3.63) is 0 Å². The van der Waals surface area contributed by atoms with E-state index in [2.05, 4.69) is 57.3 Å². The highest BCUT2D eigenvalue weighted by Crippen LogP contribution is 2.42. The standard InChI is InChI=1S/C15H31IN2O2/c1-13(2,3)11-15(7,14(4,5)6)20-10-8-9-17-12(19)18-16/h8-11H2,1-7H3,(H2,17,18,19). The number of hydrogen-bond donors (Lipinski definition) is 2. The van der Waals surface area contributed by atoms with Gasteiger partial charge in [-0.25, -0.2) is 4.79 Å². The summed E-state index contributed by atoms with van der Waals surface area (Å²) in [5, 5.41) is 2.77. The molecule has 0 bridgehead atoms. The molecule has 0 spiro atoms. The van der Waals surface area contributed by atoms with Gasteiger partial charge >= 0.3 is 6.03 Å². The molecule has 20 heavy (non-hydrogen) atoms. The zero-order chi connectivity index (χ0) is 16.0. The molecule has 1 atom stereocenters. The molecule has 0 heterocycles. The third kappa shape index (κ3) is 7.67. The van der Waals surface area contributed by atoms with E-state index >= 15 is 0 Å². The Morgan fingerprint density at radius 1 is 1.10 bits per heavy atom. The van der Waals surface area contributed by atoms with Gasteiger partial charge in [0.1, 0.15) is 0 Å². The molecule has 2 amide bonds. The second-order valence-corrected chi connectivity index (χ2v) is 8.31. The lowest BCUT2D eigenvalue weighted by Crippen LogP contribution is -2.46. The van der Waals surface area contributed by atoms with Gasteiger partial charge in [0.05, 0.1) is 28.5 Å². The van der Waals surface area contributed by atoms with Gasteiger partial charge in [-0.1, -0.05) is 41.5 Å². The van der Waals surface area contributed by atoms with Gasteiger partial charge in [-0.15, -0.1) is 0 Å². The molecule has 0 aromatic carbocycles. The van der Waals surface area contributed by atoms with Crippen LogP contribution in [-0.4, -0.2) is 24.8 Å². The number of ether oxygens (including phenoxy) is 1. The first-order valence-electron chi connectivity index (χ1n) is 7.20. The quantitative estimate of drug-likeness (QED) is 0.399. The highest BCUT2D eigenvalue weighted by molar-refractivity contribution is 14.1. The lowest BCUT2D eigenvalue weighted by Gasteiger charge is -2.45. The summed E-state index contributed by atoms with van der Waals surface area (Å²) in [4.78, 5) is 11.0. The maximum Gasteiger partial charge on any atom is 0.323 e. The van der Waals surface area contributed by atoms with E-state index in [1.165, 1.54) is 0 Å². The van der Waals surface area contributed by atoms with Crippen LogP contribution in [0.25, 0.3) is 0 Å². The molecule has 0 saturated heterocycles. The number of rotatable bonds is 6. The van der Waals surface area contributed by atoms with Crippen molar-refractivity contribution >= 4 is 28.9 Å². The van der Waals surface area contributed by atoms with E-state index in [1.54, 1.807) is 0 Å². The van der Waals surface area contributed by atoms with Crippen LogP contribution in [0.15, 0.2) is 0 Å². The third-order valence-electron chi connectivity index (χ3n) is 3.57. The number of nitrogens with one attached hydrogen (secondary N) is 2. The van der Waals surface area contributed by atoms with E-state index in [1.807, 2.05) is 22.9 Å². The van der Waals surface area contributed by atoms with Crippen molar-refractivity contribution in [2.24, 2.45) is 10.8 Å². The molecule has 4 nitrogen and oxygen atoms in total. The molecule has 120 valence electrons. The zero-order valence-corrected chi connectivity index (χ0v) is 16.2. The largest absolute Gasteiger partial charge is 0.375 e. The Balaban J connectivity index is 4.37. The minimum atomic E-state index is -0.170. The van der Waals surface area contributed by atoms with Crippen LogP contribution in [-0.2, 0) is 4.74 Å². The number of carbonyl (C=O) groups excluding carboxylic acids is 1. The molecule has 0 radical (unpaired) electrons. The Hall–Kier alpha value is -0.0400. The van der Waals surface area contributed by atoms with Crippen LogP contribution in [0, 0.1) is 10.8 Å². The fraction of sp³-hybridized carbons (Fsp3) is 0.933. The maximum absolute atomic E-state index is 11.0. The normalized spacial score (nSPS) is 15.6. The summed E-state index contributed by atoms with van der Waals surface area (Å²) in [5.41, 5.74) is 0.130. The molecule has 0 rings (SSSR count). The maximum atomic E-state index is 11.0. The number of hydrogen-bond acceptors (Lipinski definition) is 2. The van der Waals surface area contributed by atoms with E-state index in [9.17, 15) is 4.79 Å². The van der Waals surface area contributed by atoms with Gasteiger partial charge in [-0.3, -0.25) is 3.53 Å². The minimum Gasteiger partial charge on any atom is -0.375 e. The molecule has 0 saturated carbocycles. The van der Waals surface area contributed by atoms with Crippen molar-refractivity contribution in [2.45, 2.75) is 66.9 Å². The van der Waals surface area contributed by atoms with Crippen molar-refractivity contribution in [3.8, 4) is 0 Å². The molecule has 1 unspecified atom stereocenters. The predicted octanol–water partition coefficient (Wildman–Crippen LogP) is 4.28. The Bertz CT molecular complexity index is 308. The lowest BCUT2D eigenvalue weighted by molar-refractivity contribution is -0.125. The van der Waals surface area contributed by atoms with Crippen LogP contribution in [0.3, 0.4) is 0 Å². The van der Waals surface area contributed by atoms with Gasteiger partial charge in [0.15, 0.2) is 0 Å². The van der Waals surface area contributed by atoms with Crippen molar-refractivity contribution in [3.63, 3.8) is 0 Å². The van der Waals surface area contributed by atoms with Gasteiger partial charge in [0, 0.05) is 13.2 Å². The van der Waals surface area contributed by atoms with Crippen LogP contribution in [0.4, 0.5) is 4.79 Å². The first-order valence-corrected chi connectivity index (χ1v) is 8.28. The second kappa shape index (κ2) is 7.82. The number of amides is 2. The number of urea groups is 1. The van der Waals surface area contributed by atoms with Crippen LogP contribution in [0.5, 0.6) is 0 Å². The Morgan fingerprint density at radius 3 is 2.05 bits per heavy atom. The summed E-state index contributed by atoms with van der Waals surface area (Å²) in [6.45, 7) is 16.9. The molecule has 0 aliphatic carbocycles. The highest BCUT2D eigenvalue weighted by Gasteiger charge is 2.41. The Kier molecular flexibility index (Phi) is 7.81. The number of carbonyl (C=O) groups is 1. The van der Waals surface area contributed by atoms with Crippen molar-refractivity contribution < 1.29 is 9.53 Å². The summed E-state index contributed by atoms with van der Waals surface area (Å²) in [5.74, 6) is 0. The van der Waals surface area contributed by atoms with Gasteiger partial charge in [0.25, 0.3) is 0 Å². The summed E-state index contributed by atoms with van der Waals surface area (Å²) < 4.78 is 8.72. The Morgan fingerprint density at radius 2 is 1.65 bits per heavy atom. The van der Waals surface area contributed by atoms with Crippen LogP contribution in [0.2, 0.25) is 0 Å².